The van der Waals surface area contributed by atoms with Gasteiger partial charge in [0.2, 0.25) is 0 Å². The standard InChI is InChI=1S/C13H16O6.CH4/c1-7(2)18-10-4-9(13(16)17)5-11(6-10)19-8(3)12(14)15;/h4-8H,1-3H3,(H,14,15)(H,16,17);1H4. The number of ether oxygens (including phenoxy) is 2. The monoisotopic (exact) mass is 284 g/mol. The van der Waals surface area contributed by atoms with Gasteiger partial charge in [0.15, 0.2) is 6.10 Å². The number of aromatic carboxylic acids is 1. The van der Waals surface area contributed by atoms with Gasteiger partial charge in [0.05, 0.1) is 11.7 Å². The molecule has 0 aromatic heterocycles. The summed E-state index contributed by atoms with van der Waals surface area (Å²) in [5, 5.41) is 17.7. The van der Waals surface area contributed by atoms with Crippen LogP contribution >= 0.6 is 0 Å². The second-order valence-corrected chi connectivity index (χ2v) is 4.26. The Labute approximate surface area is 117 Å². The first-order valence-corrected chi connectivity index (χ1v) is 5.74. The average Bonchev–Trinajstić information content (AvgIpc) is 2.27. The van der Waals surface area contributed by atoms with Crippen LogP contribution in [-0.2, 0) is 4.79 Å². The fourth-order valence-electron chi connectivity index (χ4n) is 1.36. The van der Waals surface area contributed by atoms with Crippen molar-refractivity contribution in [2.75, 3.05) is 0 Å². The number of aliphatic carboxylic acids is 1. The second-order valence-electron chi connectivity index (χ2n) is 4.26. The maximum absolute atomic E-state index is 11.0. The van der Waals surface area contributed by atoms with Crippen molar-refractivity contribution in [3.05, 3.63) is 23.8 Å². The van der Waals surface area contributed by atoms with E-state index >= 15 is 0 Å². The minimum Gasteiger partial charge on any atom is -0.491 e. The number of benzene rings is 1. The van der Waals surface area contributed by atoms with Gasteiger partial charge in [-0.2, -0.15) is 0 Å². The van der Waals surface area contributed by atoms with Crippen LogP contribution in [0.25, 0.3) is 0 Å². The van der Waals surface area contributed by atoms with E-state index in [1.54, 1.807) is 13.8 Å². The zero-order valence-corrected chi connectivity index (χ0v) is 10.9. The van der Waals surface area contributed by atoms with Crippen molar-refractivity contribution in [1.29, 1.82) is 0 Å². The first kappa shape index (κ1) is 17.8. The molecule has 1 unspecified atom stereocenters. The van der Waals surface area contributed by atoms with E-state index < -0.39 is 18.0 Å². The molecule has 1 atom stereocenters. The lowest BCUT2D eigenvalue weighted by atomic mass is 10.2. The number of hydrogen-bond donors (Lipinski definition) is 2. The minimum absolute atomic E-state index is 0. The quantitative estimate of drug-likeness (QED) is 0.834. The van der Waals surface area contributed by atoms with E-state index in [2.05, 4.69) is 0 Å². The van der Waals surface area contributed by atoms with Crippen molar-refractivity contribution in [1.82, 2.24) is 0 Å². The third-order valence-corrected chi connectivity index (χ3v) is 2.16. The van der Waals surface area contributed by atoms with Crippen LogP contribution in [0.2, 0.25) is 0 Å². The molecule has 0 radical (unpaired) electrons. The van der Waals surface area contributed by atoms with E-state index in [1.807, 2.05) is 0 Å². The van der Waals surface area contributed by atoms with Gasteiger partial charge in [-0.05, 0) is 32.9 Å². The summed E-state index contributed by atoms with van der Waals surface area (Å²) in [6, 6.07) is 4.08. The van der Waals surface area contributed by atoms with Crippen LogP contribution in [0.1, 0.15) is 38.6 Å². The molecule has 0 spiro atoms. The molecule has 20 heavy (non-hydrogen) atoms. The Morgan fingerprint density at radius 1 is 1.00 bits per heavy atom. The minimum atomic E-state index is -1.14. The van der Waals surface area contributed by atoms with Crippen molar-refractivity contribution < 1.29 is 29.3 Å². The van der Waals surface area contributed by atoms with Gasteiger partial charge in [-0.3, -0.25) is 0 Å². The fourth-order valence-corrected chi connectivity index (χ4v) is 1.36. The van der Waals surface area contributed by atoms with Gasteiger partial charge < -0.3 is 19.7 Å². The average molecular weight is 284 g/mol. The fraction of sp³-hybridized carbons (Fsp3) is 0.429. The summed E-state index contributed by atoms with van der Waals surface area (Å²) in [4.78, 5) is 21.7. The van der Waals surface area contributed by atoms with Crippen LogP contribution in [0.5, 0.6) is 11.5 Å². The number of rotatable bonds is 6. The molecule has 0 bridgehead atoms. The molecule has 2 N–H and O–H groups in total. The van der Waals surface area contributed by atoms with Crippen molar-refractivity contribution in [3.8, 4) is 11.5 Å². The highest BCUT2D eigenvalue weighted by Crippen LogP contribution is 2.25. The normalized spacial score (nSPS) is 11.4. The molecule has 0 heterocycles. The first-order chi connectivity index (χ1) is 8.79. The molecule has 112 valence electrons. The van der Waals surface area contributed by atoms with E-state index in [4.69, 9.17) is 19.7 Å². The van der Waals surface area contributed by atoms with Crippen molar-refractivity contribution in [2.24, 2.45) is 0 Å². The van der Waals surface area contributed by atoms with E-state index in [0.29, 0.717) is 5.75 Å². The molecule has 1 aromatic rings. The number of carbonyl (C=O) groups is 2. The predicted octanol–water partition coefficient (Wildman–Crippen LogP) is 2.66. The van der Waals surface area contributed by atoms with Gasteiger partial charge in [0, 0.05) is 6.07 Å². The molecule has 1 rings (SSSR count). The van der Waals surface area contributed by atoms with Gasteiger partial charge in [-0.1, -0.05) is 7.43 Å². The maximum atomic E-state index is 11.0. The molecule has 0 aliphatic carbocycles. The van der Waals surface area contributed by atoms with E-state index in [1.165, 1.54) is 25.1 Å². The molecular weight excluding hydrogens is 264 g/mol. The molecule has 0 saturated carbocycles. The van der Waals surface area contributed by atoms with Crippen LogP contribution in [-0.4, -0.2) is 34.4 Å². The van der Waals surface area contributed by atoms with E-state index in [0.717, 1.165) is 0 Å². The number of carboxylic acids is 2. The largest absolute Gasteiger partial charge is 0.491 e. The van der Waals surface area contributed by atoms with Gasteiger partial charge >= 0.3 is 11.9 Å². The second kappa shape index (κ2) is 7.37. The SMILES string of the molecule is C.CC(C)Oc1cc(OC(C)C(=O)O)cc(C(=O)O)c1. The molecule has 0 saturated heterocycles. The Morgan fingerprint density at radius 3 is 1.90 bits per heavy atom. The third-order valence-electron chi connectivity index (χ3n) is 2.16. The zero-order chi connectivity index (χ0) is 14.6. The smallest absolute Gasteiger partial charge is 0.344 e. The highest BCUT2D eigenvalue weighted by Gasteiger charge is 2.15. The molecule has 0 aliphatic rings. The summed E-state index contributed by atoms with van der Waals surface area (Å²) in [6.45, 7) is 4.96. The summed E-state index contributed by atoms with van der Waals surface area (Å²) in [5.74, 6) is -1.80. The molecular formula is C14H20O6. The van der Waals surface area contributed by atoms with Crippen molar-refractivity contribution in [2.45, 2.75) is 40.4 Å². The summed E-state index contributed by atoms with van der Waals surface area (Å²) in [6.07, 6.45) is -1.20. The third kappa shape index (κ3) is 5.17. The lowest BCUT2D eigenvalue weighted by molar-refractivity contribution is -0.144. The van der Waals surface area contributed by atoms with E-state index in [-0.39, 0.29) is 24.8 Å². The van der Waals surface area contributed by atoms with Gasteiger partial charge in [-0.25, -0.2) is 9.59 Å². The highest BCUT2D eigenvalue weighted by molar-refractivity contribution is 5.88. The Morgan fingerprint density at radius 2 is 1.50 bits per heavy atom. The van der Waals surface area contributed by atoms with Crippen LogP contribution in [0.3, 0.4) is 0 Å². The summed E-state index contributed by atoms with van der Waals surface area (Å²) in [5.41, 5.74) is -0.0225. The topological polar surface area (TPSA) is 93.1 Å². The van der Waals surface area contributed by atoms with Crippen molar-refractivity contribution in [3.63, 3.8) is 0 Å². The van der Waals surface area contributed by atoms with Gasteiger partial charge in [-0.15, -0.1) is 0 Å². The molecule has 1 aromatic carbocycles. The molecule has 0 fully saturated rings. The molecule has 0 amide bonds. The Balaban J connectivity index is 0.00000361. The Bertz CT molecular complexity index is 481. The highest BCUT2D eigenvalue weighted by atomic mass is 16.5. The number of carboxylic acid groups (broad SMARTS) is 2. The Hall–Kier alpha value is -2.24. The van der Waals surface area contributed by atoms with Gasteiger partial charge in [0.1, 0.15) is 11.5 Å². The summed E-state index contributed by atoms with van der Waals surface area (Å²) < 4.78 is 10.5. The maximum Gasteiger partial charge on any atom is 0.344 e. The number of hydrogen-bond acceptors (Lipinski definition) is 4. The van der Waals surface area contributed by atoms with Crippen LogP contribution in [0.4, 0.5) is 0 Å². The summed E-state index contributed by atoms with van der Waals surface area (Å²) in [7, 11) is 0. The van der Waals surface area contributed by atoms with Crippen LogP contribution in [0, 0.1) is 0 Å². The van der Waals surface area contributed by atoms with E-state index in [9.17, 15) is 9.59 Å². The molecule has 6 heteroatoms. The molecule has 0 aliphatic heterocycles. The zero-order valence-electron chi connectivity index (χ0n) is 10.9. The van der Waals surface area contributed by atoms with Crippen molar-refractivity contribution >= 4 is 11.9 Å². The van der Waals surface area contributed by atoms with Gasteiger partial charge in [0.25, 0.3) is 0 Å². The Kier molecular flexibility index (Phi) is 6.55. The first-order valence-electron chi connectivity index (χ1n) is 5.74. The summed E-state index contributed by atoms with van der Waals surface area (Å²) >= 11 is 0. The lowest BCUT2D eigenvalue weighted by Gasteiger charge is -2.14. The van der Waals surface area contributed by atoms with Crippen LogP contribution in [0.15, 0.2) is 18.2 Å². The molecule has 6 nitrogen and oxygen atoms in total. The van der Waals surface area contributed by atoms with Crippen LogP contribution < -0.4 is 9.47 Å². The lowest BCUT2D eigenvalue weighted by Crippen LogP contribution is -2.23. The predicted molar refractivity (Wildman–Crippen MR) is 73.6 cm³/mol.